The molecule has 0 amide bonds. The van der Waals surface area contributed by atoms with Gasteiger partial charge in [-0.1, -0.05) is 0 Å². The summed E-state index contributed by atoms with van der Waals surface area (Å²) in [6.07, 6.45) is 3.67. The molecule has 1 atom stereocenters. The van der Waals surface area contributed by atoms with E-state index in [4.69, 9.17) is 16.3 Å². The van der Waals surface area contributed by atoms with Crippen LogP contribution in [0.2, 0.25) is 0 Å². The van der Waals surface area contributed by atoms with Gasteiger partial charge in [0.15, 0.2) is 0 Å². The molecule has 6 heteroatoms. The number of alkyl halides is 1. The molecule has 0 aromatic carbocycles. The van der Waals surface area contributed by atoms with Crippen molar-refractivity contribution in [2.45, 2.75) is 37.8 Å². The Kier molecular flexibility index (Phi) is 4.11. The molecular formula is C10H18ClNO3S. The maximum Gasteiger partial charge on any atom is 0.216 e. The van der Waals surface area contributed by atoms with Gasteiger partial charge in [0.05, 0.1) is 11.9 Å². The highest BCUT2D eigenvalue weighted by Crippen LogP contribution is 2.30. The van der Waals surface area contributed by atoms with Gasteiger partial charge >= 0.3 is 0 Å². The molecule has 94 valence electrons. The molecule has 0 bridgehead atoms. The minimum absolute atomic E-state index is 0.110. The summed E-state index contributed by atoms with van der Waals surface area (Å²) >= 11 is 5.65. The van der Waals surface area contributed by atoms with Crippen LogP contribution >= 0.6 is 11.6 Å². The first-order valence-corrected chi connectivity index (χ1v) is 7.95. The Hall–Kier alpha value is 0.160. The third-order valence-corrected chi connectivity index (χ3v) is 5.19. The molecule has 1 saturated carbocycles. The Morgan fingerprint density at radius 1 is 1.31 bits per heavy atom. The largest absolute Gasteiger partial charge is 0.377 e. The summed E-state index contributed by atoms with van der Waals surface area (Å²) in [5.74, 6) is 0.488. The van der Waals surface area contributed by atoms with Gasteiger partial charge in [0.25, 0.3) is 0 Å². The second kappa shape index (κ2) is 5.21. The highest BCUT2D eigenvalue weighted by Gasteiger charge is 2.38. The van der Waals surface area contributed by atoms with Crippen molar-refractivity contribution in [1.82, 2.24) is 4.31 Å². The van der Waals surface area contributed by atoms with Crippen molar-refractivity contribution < 1.29 is 13.2 Å². The molecule has 4 nitrogen and oxygen atoms in total. The molecule has 0 N–H and O–H groups in total. The summed E-state index contributed by atoms with van der Waals surface area (Å²) < 4.78 is 31.2. The average molecular weight is 268 g/mol. The van der Waals surface area contributed by atoms with Gasteiger partial charge in [-0.25, -0.2) is 8.42 Å². The lowest BCUT2D eigenvalue weighted by Crippen LogP contribution is -2.39. The lowest BCUT2D eigenvalue weighted by atomic mass is 10.3. The standard InChI is InChI=1S/C10H18ClNO3S/c11-5-6-12(9-3-4-9)16(13,14)8-10-2-1-7-15-10/h9-10H,1-8H2. The van der Waals surface area contributed by atoms with Crippen molar-refractivity contribution in [1.29, 1.82) is 0 Å². The molecule has 0 aromatic heterocycles. The van der Waals surface area contributed by atoms with Crippen LogP contribution in [0.25, 0.3) is 0 Å². The summed E-state index contributed by atoms with van der Waals surface area (Å²) in [7, 11) is -3.18. The molecule has 16 heavy (non-hydrogen) atoms. The normalized spacial score (nSPS) is 26.5. The SMILES string of the molecule is O=S(=O)(CC1CCCO1)N(CCCl)C1CC1. The minimum Gasteiger partial charge on any atom is -0.377 e. The first-order valence-electron chi connectivity index (χ1n) is 5.80. The summed E-state index contributed by atoms with van der Waals surface area (Å²) in [5.41, 5.74) is 0. The predicted molar refractivity (Wildman–Crippen MR) is 63.2 cm³/mol. The maximum absolute atomic E-state index is 12.1. The van der Waals surface area contributed by atoms with Crippen LogP contribution in [0.5, 0.6) is 0 Å². The van der Waals surface area contributed by atoms with Crippen molar-refractivity contribution >= 4 is 21.6 Å². The molecule has 1 heterocycles. The van der Waals surface area contributed by atoms with E-state index in [1.807, 2.05) is 0 Å². The van der Waals surface area contributed by atoms with Crippen LogP contribution in [0, 0.1) is 0 Å². The highest BCUT2D eigenvalue weighted by atomic mass is 35.5. The molecule has 2 rings (SSSR count). The first kappa shape index (κ1) is 12.6. The monoisotopic (exact) mass is 267 g/mol. The Bertz CT molecular complexity index is 323. The average Bonchev–Trinajstić information content (AvgIpc) is 2.93. The van der Waals surface area contributed by atoms with E-state index in [9.17, 15) is 8.42 Å². The van der Waals surface area contributed by atoms with Crippen LogP contribution in [0.3, 0.4) is 0 Å². The van der Waals surface area contributed by atoms with E-state index in [-0.39, 0.29) is 17.9 Å². The van der Waals surface area contributed by atoms with E-state index in [0.29, 0.717) is 19.0 Å². The van der Waals surface area contributed by atoms with E-state index >= 15 is 0 Å². The Labute approximate surface area is 102 Å². The number of hydrogen-bond donors (Lipinski definition) is 0. The van der Waals surface area contributed by atoms with Crippen molar-refractivity contribution in [3.63, 3.8) is 0 Å². The fourth-order valence-electron chi connectivity index (χ4n) is 2.10. The highest BCUT2D eigenvalue weighted by molar-refractivity contribution is 7.89. The van der Waals surface area contributed by atoms with Gasteiger partial charge < -0.3 is 4.74 Å². The molecule has 2 aliphatic rings. The van der Waals surface area contributed by atoms with Crippen LogP contribution in [-0.4, -0.2) is 49.7 Å². The van der Waals surface area contributed by atoms with E-state index < -0.39 is 10.0 Å². The quantitative estimate of drug-likeness (QED) is 0.680. The van der Waals surface area contributed by atoms with Crippen molar-refractivity contribution in [2.24, 2.45) is 0 Å². The lowest BCUT2D eigenvalue weighted by Gasteiger charge is -2.22. The van der Waals surface area contributed by atoms with Crippen LogP contribution in [0.15, 0.2) is 0 Å². The molecule has 0 spiro atoms. The van der Waals surface area contributed by atoms with Crippen molar-refractivity contribution in [3.8, 4) is 0 Å². The number of halogens is 1. The van der Waals surface area contributed by atoms with E-state index in [0.717, 1.165) is 25.7 Å². The summed E-state index contributed by atoms with van der Waals surface area (Å²) in [6.45, 7) is 1.13. The van der Waals surface area contributed by atoms with Gasteiger partial charge in [-0.05, 0) is 25.7 Å². The predicted octanol–water partition coefficient (Wildman–Crippen LogP) is 1.20. The number of nitrogens with zero attached hydrogens (tertiary/aromatic N) is 1. The van der Waals surface area contributed by atoms with Gasteiger partial charge in [-0.2, -0.15) is 4.31 Å². The van der Waals surface area contributed by atoms with Gasteiger partial charge in [-0.3, -0.25) is 0 Å². The third kappa shape index (κ3) is 3.09. The summed E-state index contributed by atoms with van der Waals surface area (Å²) in [6, 6.07) is 0.199. The molecule has 1 aliphatic heterocycles. The third-order valence-electron chi connectivity index (χ3n) is 3.04. The smallest absolute Gasteiger partial charge is 0.216 e. The molecule has 1 aliphatic carbocycles. The van der Waals surface area contributed by atoms with Gasteiger partial charge in [0.2, 0.25) is 10.0 Å². The van der Waals surface area contributed by atoms with Gasteiger partial charge in [0.1, 0.15) is 0 Å². The lowest BCUT2D eigenvalue weighted by molar-refractivity contribution is 0.126. The Morgan fingerprint density at radius 2 is 2.06 bits per heavy atom. The molecule has 2 fully saturated rings. The zero-order valence-electron chi connectivity index (χ0n) is 9.27. The maximum atomic E-state index is 12.1. The Morgan fingerprint density at radius 3 is 2.56 bits per heavy atom. The second-order valence-corrected chi connectivity index (χ2v) is 6.79. The topological polar surface area (TPSA) is 46.6 Å². The first-order chi connectivity index (χ1) is 7.63. The number of sulfonamides is 1. The van der Waals surface area contributed by atoms with Crippen LogP contribution in [0.4, 0.5) is 0 Å². The molecule has 0 radical (unpaired) electrons. The van der Waals surface area contributed by atoms with Crippen LogP contribution in [-0.2, 0) is 14.8 Å². The van der Waals surface area contributed by atoms with Crippen LogP contribution in [0.1, 0.15) is 25.7 Å². The van der Waals surface area contributed by atoms with E-state index in [1.54, 1.807) is 4.31 Å². The molecular weight excluding hydrogens is 250 g/mol. The zero-order valence-corrected chi connectivity index (χ0v) is 10.8. The fraction of sp³-hybridized carbons (Fsp3) is 1.00. The fourth-order valence-corrected chi connectivity index (χ4v) is 4.34. The number of rotatable bonds is 6. The summed E-state index contributed by atoms with van der Waals surface area (Å²) in [5, 5.41) is 0. The van der Waals surface area contributed by atoms with Gasteiger partial charge in [-0.15, -0.1) is 11.6 Å². The van der Waals surface area contributed by atoms with Crippen molar-refractivity contribution in [3.05, 3.63) is 0 Å². The minimum atomic E-state index is -3.18. The zero-order chi connectivity index (χ0) is 11.6. The van der Waals surface area contributed by atoms with Crippen LogP contribution < -0.4 is 0 Å². The van der Waals surface area contributed by atoms with E-state index in [2.05, 4.69) is 0 Å². The number of hydrogen-bond acceptors (Lipinski definition) is 3. The molecule has 1 saturated heterocycles. The van der Waals surface area contributed by atoms with E-state index in [1.165, 1.54) is 0 Å². The second-order valence-electron chi connectivity index (χ2n) is 4.44. The summed E-state index contributed by atoms with van der Waals surface area (Å²) in [4.78, 5) is 0. The van der Waals surface area contributed by atoms with Crippen molar-refractivity contribution in [2.75, 3.05) is 24.8 Å². The molecule has 0 aromatic rings. The Balaban J connectivity index is 1.97. The number of ether oxygens (including phenoxy) is 1. The van der Waals surface area contributed by atoms with Gasteiger partial charge in [0, 0.05) is 25.1 Å². The molecule has 1 unspecified atom stereocenters.